The molecule has 2 aromatic carbocycles. The summed E-state index contributed by atoms with van der Waals surface area (Å²) in [6, 6.07) is 13.4. The molecule has 1 heterocycles. The van der Waals surface area contributed by atoms with Gasteiger partial charge in [-0.25, -0.2) is 0 Å². The molecular formula is C22H18F3N3O3. The molecule has 1 aromatic heterocycles. The van der Waals surface area contributed by atoms with Crippen molar-refractivity contribution in [3.05, 3.63) is 65.9 Å². The predicted molar refractivity (Wildman–Crippen MR) is 108 cm³/mol. The maximum absolute atomic E-state index is 12.7. The van der Waals surface area contributed by atoms with Gasteiger partial charge in [0.2, 0.25) is 0 Å². The number of carbonyl (C=O) groups excluding carboxylic acids is 1. The van der Waals surface area contributed by atoms with Crippen molar-refractivity contribution in [2.24, 2.45) is 0 Å². The average Bonchev–Trinajstić information content (AvgIpc) is 3.26. The molecule has 0 aliphatic heterocycles. The highest BCUT2D eigenvalue weighted by Crippen LogP contribution is 2.31. The molecule has 0 fully saturated rings. The van der Waals surface area contributed by atoms with Crippen LogP contribution in [0.25, 0.3) is 11.3 Å². The fraction of sp³-hybridized carbons (Fsp3) is 0.182. The van der Waals surface area contributed by atoms with Crippen LogP contribution in [-0.2, 0) is 6.18 Å². The Balaban J connectivity index is 1.50. The molecule has 31 heavy (non-hydrogen) atoms. The van der Waals surface area contributed by atoms with E-state index < -0.39 is 17.6 Å². The van der Waals surface area contributed by atoms with Gasteiger partial charge in [-0.3, -0.25) is 9.89 Å². The highest BCUT2D eigenvalue weighted by atomic mass is 19.4. The van der Waals surface area contributed by atoms with Gasteiger partial charge in [-0.1, -0.05) is 30.0 Å². The third kappa shape index (κ3) is 5.79. The number of amides is 1. The van der Waals surface area contributed by atoms with E-state index in [9.17, 15) is 18.0 Å². The summed E-state index contributed by atoms with van der Waals surface area (Å²) in [4.78, 5) is 12.2. The van der Waals surface area contributed by atoms with Crippen molar-refractivity contribution < 1.29 is 27.4 Å². The minimum atomic E-state index is -4.44. The Hall–Kier alpha value is -3.93. The first-order valence-electron chi connectivity index (χ1n) is 9.11. The molecule has 0 spiro atoms. The van der Waals surface area contributed by atoms with E-state index in [1.807, 2.05) is 18.2 Å². The number of benzene rings is 2. The van der Waals surface area contributed by atoms with Crippen LogP contribution >= 0.6 is 0 Å². The zero-order valence-electron chi connectivity index (χ0n) is 16.4. The summed E-state index contributed by atoms with van der Waals surface area (Å²) >= 11 is 0. The van der Waals surface area contributed by atoms with Crippen LogP contribution in [0.15, 0.2) is 54.6 Å². The summed E-state index contributed by atoms with van der Waals surface area (Å²) in [5, 5.41) is 9.39. The standard InChI is InChI=1S/C22H18F3N3O3/c1-30-20-10-3-2-9-17(20)18-14-19(28-27-18)21(29)26-11-4-5-12-31-16-8-6-7-15(13-16)22(23,24)25/h2-3,6-10,13-14H,11-12H2,1H3,(H,26,29)(H,27,28). The van der Waals surface area contributed by atoms with Gasteiger partial charge in [-0.2, -0.15) is 18.3 Å². The van der Waals surface area contributed by atoms with Gasteiger partial charge in [-0.05, 0) is 36.4 Å². The lowest BCUT2D eigenvalue weighted by Crippen LogP contribution is -2.24. The van der Waals surface area contributed by atoms with Crippen LogP contribution in [0.3, 0.4) is 0 Å². The Labute approximate surface area is 176 Å². The topological polar surface area (TPSA) is 76.2 Å². The van der Waals surface area contributed by atoms with Crippen LogP contribution in [0.5, 0.6) is 11.5 Å². The molecule has 0 saturated carbocycles. The van der Waals surface area contributed by atoms with E-state index in [1.54, 1.807) is 19.2 Å². The first kappa shape index (κ1) is 21.8. The van der Waals surface area contributed by atoms with Gasteiger partial charge in [0, 0.05) is 5.56 Å². The van der Waals surface area contributed by atoms with Crippen molar-refractivity contribution in [2.75, 3.05) is 20.3 Å². The lowest BCUT2D eigenvalue weighted by molar-refractivity contribution is -0.137. The molecule has 0 radical (unpaired) electrons. The Morgan fingerprint density at radius 1 is 1.13 bits per heavy atom. The van der Waals surface area contributed by atoms with Crippen molar-refractivity contribution in [3.8, 4) is 34.6 Å². The molecular weight excluding hydrogens is 411 g/mol. The number of nitrogens with zero attached hydrogens (tertiary/aromatic N) is 1. The number of nitrogens with one attached hydrogen (secondary N) is 2. The smallest absolute Gasteiger partial charge is 0.416 e. The zero-order valence-corrected chi connectivity index (χ0v) is 16.4. The van der Waals surface area contributed by atoms with Gasteiger partial charge in [0.15, 0.2) is 0 Å². The molecule has 3 aromatic rings. The van der Waals surface area contributed by atoms with Gasteiger partial charge < -0.3 is 14.8 Å². The molecule has 2 N–H and O–H groups in total. The fourth-order valence-corrected chi connectivity index (χ4v) is 2.65. The van der Waals surface area contributed by atoms with Crippen LogP contribution in [0.1, 0.15) is 16.1 Å². The second-order valence-electron chi connectivity index (χ2n) is 6.22. The predicted octanol–water partition coefficient (Wildman–Crippen LogP) is 3.92. The lowest BCUT2D eigenvalue weighted by atomic mass is 10.1. The molecule has 0 bridgehead atoms. The van der Waals surface area contributed by atoms with Gasteiger partial charge >= 0.3 is 6.18 Å². The fourth-order valence-electron chi connectivity index (χ4n) is 2.65. The number of aromatic amines is 1. The van der Waals surface area contributed by atoms with E-state index in [0.717, 1.165) is 17.7 Å². The van der Waals surface area contributed by atoms with Gasteiger partial charge in [0.05, 0.1) is 24.9 Å². The molecule has 160 valence electrons. The maximum atomic E-state index is 12.7. The number of carbonyl (C=O) groups is 1. The third-order valence-corrected chi connectivity index (χ3v) is 4.14. The van der Waals surface area contributed by atoms with Gasteiger partial charge in [-0.15, -0.1) is 0 Å². The summed E-state index contributed by atoms with van der Waals surface area (Å²) in [7, 11) is 1.55. The summed E-state index contributed by atoms with van der Waals surface area (Å²) in [6.45, 7) is -0.0764. The summed E-state index contributed by atoms with van der Waals surface area (Å²) in [5.41, 5.74) is 0.759. The molecule has 3 rings (SSSR count). The number of halogens is 3. The number of ether oxygens (including phenoxy) is 2. The van der Waals surface area contributed by atoms with E-state index in [1.165, 1.54) is 12.1 Å². The molecule has 0 aliphatic rings. The SMILES string of the molecule is COc1ccccc1-c1cc(C(=O)NCC#CCOc2cccc(C(F)(F)F)c2)[nH]n1. The van der Waals surface area contributed by atoms with Crippen LogP contribution in [-0.4, -0.2) is 36.4 Å². The van der Waals surface area contributed by atoms with Crippen LogP contribution < -0.4 is 14.8 Å². The quantitative estimate of drug-likeness (QED) is 0.583. The Kier molecular flexibility index (Phi) is 6.82. The number of rotatable bonds is 6. The Bertz CT molecular complexity index is 1110. The highest BCUT2D eigenvalue weighted by Gasteiger charge is 2.30. The largest absolute Gasteiger partial charge is 0.496 e. The van der Waals surface area contributed by atoms with Crippen molar-refractivity contribution in [2.45, 2.75) is 6.18 Å². The Morgan fingerprint density at radius 2 is 1.94 bits per heavy atom. The maximum Gasteiger partial charge on any atom is 0.416 e. The zero-order chi connectivity index (χ0) is 22.3. The van der Waals surface area contributed by atoms with Crippen molar-refractivity contribution in [3.63, 3.8) is 0 Å². The third-order valence-electron chi connectivity index (χ3n) is 4.14. The van der Waals surface area contributed by atoms with Gasteiger partial charge in [0.1, 0.15) is 23.8 Å². The molecule has 0 saturated heterocycles. The Morgan fingerprint density at radius 3 is 2.71 bits per heavy atom. The van der Waals surface area contributed by atoms with E-state index in [2.05, 4.69) is 27.4 Å². The molecule has 0 aliphatic carbocycles. The second-order valence-corrected chi connectivity index (χ2v) is 6.22. The number of aromatic nitrogens is 2. The average molecular weight is 429 g/mol. The number of alkyl halides is 3. The number of H-pyrrole nitrogens is 1. The molecule has 9 heteroatoms. The number of hydrogen-bond donors (Lipinski definition) is 2. The number of para-hydroxylation sites is 1. The lowest BCUT2D eigenvalue weighted by Gasteiger charge is -2.08. The van der Waals surface area contributed by atoms with Crippen molar-refractivity contribution >= 4 is 5.91 Å². The van der Waals surface area contributed by atoms with Crippen LogP contribution in [0.4, 0.5) is 13.2 Å². The molecule has 6 nitrogen and oxygen atoms in total. The van der Waals surface area contributed by atoms with Crippen molar-refractivity contribution in [1.29, 1.82) is 0 Å². The van der Waals surface area contributed by atoms with Crippen LogP contribution in [0, 0.1) is 11.8 Å². The van der Waals surface area contributed by atoms with Crippen molar-refractivity contribution in [1.82, 2.24) is 15.5 Å². The van der Waals surface area contributed by atoms with Gasteiger partial charge in [0.25, 0.3) is 5.91 Å². The highest BCUT2D eigenvalue weighted by molar-refractivity contribution is 5.93. The number of methoxy groups -OCH3 is 1. The molecule has 0 atom stereocenters. The van der Waals surface area contributed by atoms with E-state index >= 15 is 0 Å². The molecule has 1 amide bonds. The monoisotopic (exact) mass is 429 g/mol. The first-order chi connectivity index (χ1) is 14.9. The number of hydrogen-bond acceptors (Lipinski definition) is 4. The summed E-state index contributed by atoms with van der Waals surface area (Å²) < 4.78 is 48.5. The van der Waals surface area contributed by atoms with E-state index in [0.29, 0.717) is 11.4 Å². The van der Waals surface area contributed by atoms with E-state index in [-0.39, 0.29) is 24.6 Å². The minimum Gasteiger partial charge on any atom is -0.496 e. The summed E-state index contributed by atoms with van der Waals surface area (Å²) in [5.74, 6) is 5.60. The summed E-state index contributed by atoms with van der Waals surface area (Å²) in [6.07, 6.45) is -4.44. The normalized spacial score (nSPS) is 10.7. The second kappa shape index (κ2) is 9.71. The minimum absolute atomic E-state index is 0.0355. The molecule has 0 unspecified atom stereocenters. The first-order valence-corrected chi connectivity index (χ1v) is 9.11. The van der Waals surface area contributed by atoms with E-state index in [4.69, 9.17) is 9.47 Å². The van der Waals surface area contributed by atoms with Crippen LogP contribution in [0.2, 0.25) is 0 Å².